The second kappa shape index (κ2) is 7.05. The molecule has 20 heavy (non-hydrogen) atoms. The lowest BCUT2D eigenvalue weighted by Crippen LogP contribution is -2.14. The third kappa shape index (κ3) is 4.06. The smallest absolute Gasteiger partial charge is 0.219 e. The molecule has 5 heteroatoms. The molecule has 0 atom stereocenters. The summed E-state index contributed by atoms with van der Waals surface area (Å²) in [5.41, 5.74) is 2.24. The Kier molecular flexibility index (Phi) is 5.12. The van der Waals surface area contributed by atoms with Crippen LogP contribution in [0.3, 0.4) is 0 Å². The third-order valence-electron chi connectivity index (χ3n) is 2.94. The fourth-order valence-electron chi connectivity index (χ4n) is 1.94. The van der Waals surface area contributed by atoms with Crippen LogP contribution in [0.25, 0.3) is 0 Å². The number of nitrogens with one attached hydrogen (secondary N) is 1. The van der Waals surface area contributed by atoms with E-state index in [9.17, 15) is 0 Å². The average molecular weight is 274 g/mol. The highest BCUT2D eigenvalue weighted by Gasteiger charge is 2.05. The summed E-state index contributed by atoms with van der Waals surface area (Å²) in [7, 11) is 1.86. The van der Waals surface area contributed by atoms with Crippen LogP contribution >= 0.6 is 0 Å². The molecule has 0 aliphatic carbocycles. The Morgan fingerprint density at radius 2 is 2.15 bits per heavy atom. The summed E-state index contributed by atoms with van der Waals surface area (Å²) in [6, 6.07) is 4.10. The van der Waals surface area contributed by atoms with E-state index in [1.165, 1.54) is 5.56 Å². The van der Waals surface area contributed by atoms with Crippen molar-refractivity contribution in [3.05, 3.63) is 35.8 Å². The van der Waals surface area contributed by atoms with Crippen LogP contribution in [0.4, 0.5) is 0 Å². The quantitative estimate of drug-likeness (QED) is 0.789. The first-order valence-corrected chi connectivity index (χ1v) is 7.08. The van der Waals surface area contributed by atoms with Gasteiger partial charge in [-0.1, -0.05) is 13.8 Å². The highest BCUT2D eigenvalue weighted by atomic mass is 16.5. The van der Waals surface area contributed by atoms with Crippen LogP contribution in [0.1, 0.15) is 31.5 Å². The van der Waals surface area contributed by atoms with E-state index >= 15 is 0 Å². The zero-order chi connectivity index (χ0) is 14.4. The molecule has 2 rings (SSSR count). The van der Waals surface area contributed by atoms with Gasteiger partial charge in [0.15, 0.2) is 5.75 Å². The van der Waals surface area contributed by atoms with Gasteiger partial charge in [-0.25, -0.2) is 4.98 Å². The fourth-order valence-corrected chi connectivity index (χ4v) is 1.94. The molecule has 0 saturated heterocycles. The molecule has 0 radical (unpaired) electrons. The van der Waals surface area contributed by atoms with Gasteiger partial charge < -0.3 is 10.1 Å². The molecule has 0 fully saturated rings. The molecule has 0 unspecified atom stereocenters. The molecule has 108 valence electrons. The van der Waals surface area contributed by atoms with E-state index in [4.69, 9.17) is 4.74 Å². The number of rotatable bonds is 7. The van der Waals surface area contributed by atoms with Crippen LogP contribution in [-0.4, -0.2) is 21.3 Å². The lowest BCUT2D eigenvalue weighted by molar-refractivity contribution is 0.459. The Bertz CT molecular complexity index is 551. The molecular weight excluding hydrogens is 252 g/mol. The summed E-state index contributed by atoms with van der Waals surface area (Å²) < 4.78 is 7.48. The molecule has 2 aromatic rings. The molecular formula is C15H22N4O. The zero-order valence-electron chi connectivity index (χ0n) is 12.4. The van der Waals surface area contributed by atoms with Crippen molar-refractivity contribution in [2.45, 2.75) is 33.2 Å². The Hall–Kier alpha value is -1.88. The summed E-state index contributed by atoms with van der Waals surface area (Å²) >= 11 is 0. The van der Waals surface area contributed by atoms with E-state index in [0.29, 0.717) is 11.6 Å². The van der Waals surface area contributed by atoms with Crippen LogP contribution in [0.5, 0.6) is 11.6 Å². The maximum Gasteiger partial charge on any atom is 0.219 e. The van der Waals surface area contributed by atoms with Crippen molar-refractivity contribution in [3.8, 4) is 11.6 Å². The van der Waals surface area contributed by atoms with E-state index in [1.54, 1.807) is 10.9 Å². The molecule has 0 spiro atoms. The largest absolute Gasteiger partial charge is 0.436 e. The van der Waals surface area contributed by atoms with E-state index < -0.39 is 0 Å². The maximum atomic E-state index is 5.77. The normalized spacial score (nSPS) is 10.8. The summed E-state index contributed by atoms with van der Waals surface area (Å²) in [5.74, 6) is 1.34. The minimum atomic E-state index is 0.630. The second-order valence-electron chi connectivity index (χ2n) is 4.79. The first-order chi connectivity index (χ1) is 9.71. The van der Waals surface area contributed by atoms with Gasteiger partial charge >= 0.3 is 0 Å². The molecule has 0 aliphatic rings. The van der Waals surface area contributed by atoms with Crippen LogP contribution in [0, 0.1) is 0 Å². The Morgan fingerprint density at radius 3 is 2.80 bits per heavy atom. The topological polar surface area (TPSA) is 52.0 Å². The number of aryl methyl sites for hydroxylation is 2. The minimum absolute atomic E-state index is 0.630. The Morgan fingerprint density at radius 1 is 1.30 bits per heavy atom. The highest BCUT2D eigenvalue weighted by molar-refractivity contribution is 5.28. The summed E-state index contributed by atoms with van der Waals surface area (Å²) in [5, 5.41) is 7.49. The van der Waals surface area contributed by atoms with Crippen molar-refractivity contribution < 1.29 is 4.74 Å². The fraction of sp³-hybridized carbons (Fsp3) is 0.467. The van der Waals surface area contributed by atoms with Gasteiger partial charge in [-0.3, -0.25) is 4.68 Å². The van der Waals surface area contributed by atoms with Crippen molar-refractivity contribution in [1.29, 1.82) is 0 Å². The summed E-state index contributed by atoms with van der Waals surface area (Å²) in [6.07, 6.45) is 5.54. The van der Waals surface area contributed by atoms with Gasteiger partial charge in [0, 0.05) is 25.4 Å². The van der Waals surface area contributed by atoms with E-state index in [-0.39, 0.29) is 0 Å². The van der Waals surface area contributed by atoms with Crippen molar-refractivity contribution >= 4 is 0 Å². The Labute approximate surface area is 120 Å². The summed E-state index contributed by atoms with van der Waals surface area (Å²) in [6.45, 7) is 6.11. The van der Waals surface area contributed by atoms with Crippen LogP contribution in [-0.2, 0) is 20.0 Å². The van der Waals surface area contributed by atoms with Crippen LogP contribution in [0.2, 0.25) is 0 Å². The molecule has 0 bridgehead atoms. The number of hydrogen-bond donors (Lipinski definition) is 1. The number of hydrogen-bond acceptors (Lipinski definition) is 4. The first kappa shape index (κ1) is 14.5. The van der Waals surface area contributed by atoms with E-state index in [0.717, 1.165) is 31.6 Å². The van der Waals surface area contributed by atoms with Crippen molar-refractivity contribution in [2.75, 3.05) is 6.54 Å². The molecule has 0 aromatic carbocycles. The molecule has 1 N–H and O–H groups in total. The number of pyridine rings is 1. The Balaban J connectivity index is 2.12. The molecule has 2 aromatic heterocycles. The van der Waals surface area contributed by atoms with Crippen molar-refractivity contribution in [3.63, 3.8) is 0 Å². The molecule has 2 heterocycles. The van der Waals surface area contributed by atoms with Gasteiger partial charge in [0.05, 0.1) is 12.4 Å². The lowest BCUT2D eigenvalue weighted by atomic mass is 10.2. The van der Waals surface area contributed by atoms with Gasteiger partial charge in [0.25, 0.3) is 0 Å². The van der Waals surface area contributed by atoms with Gasteiger partial charge in [-0.15, -0.1) is 0 Å². The molecule has 0 saturated carbocycles. The zero-order valence-corrected chi connectivity index (χ0v) is 12.4. The van der Waals surface area contributed by atoms with Crippen LogP contribution in [0.15, 0.2) is 24.5 Å². The minimum Gasteiger partial charge on any atom is -0.436 e. The predicted octanol–water partition coefficient (Wildman–Crippen LogP) is 2.67. The number of aromatic nitrogens is 3. The maximum absolute atomic E-state index is 5.77. The SMILES string of the molecule is CCCNCc1cc(CC)nc(Oc2cnn(C)c2)c1. The summed E-state index contributed by atoms with van der Waals surface area (Å²) in [4.78, 5) is 4.50. The van der Waals surface area contributed by atoms with E-state index in [1.807, 2.05) is 19.3 Å². The van der Waals surface area contributed by atoms with Gasteiger partial charge in [0.1, 0.15) is 0 Å². The molecule has 5 nitrogen and oxygen atoms in total. The third-order valence-corrected chi connectivity index (χ3v) is 2.94. The van der Waals surface area contributed by atoms with Gasteiger partial charge in [-0.05, 0) is 31.0 Å². The predicted molar refractivity (Wildman–Crippen MR) is 78.9 cm³/mol. The number of ether oxygens (including phenoxy) is 1. The van der Waals surface area contributed by atoms with Crippen LogP contribution < -0.4 is 10.1 Å². The highest BCUT2D eigenvalue weighted by Crippen LogP contribution is 2.20. The second-order valence-corrected chi connectivity index (χ2v) is 4.79. The average Bonchev–Trinajstić information content (AvgIpc) is 2.84. The van der Waals surface area contributed by atoms with Crippen molar-refractivity contribution in [2.24, 2.45) is 7.05 Å². The first-order valence-electron chi connectivity index (χ1n) is 7.08. The molecule has 0 aliphatic heterocycles. The monoisotopic (exact) mass is 274 g/mol. The lowest BCUT2D eigenvalue weighted by Gasteiger charge is -2.09. The molecule has 0 amide bonds. The number of nitrogens with zero attached hydrogens (tertiary/aromatic N) is 3. The van der Waals surface area contributed by atoms with Crippen molar-refractivity contribution in [1.82, 2.24) is 20.1 Å². The standard InChI is InChI=1S/C15H22N4O/c1-4-6-16-9-12-7-13(5-2)18-15(8-12)20-14-10-17-19(3)11-14/h7-8,10-11,16H,4-6,9H2,1-3H3. The van der Waals surface area contributed by atoms with E-state index in [2.05, 4.69) is 35.3 Å². The van der Waals surface area contributed by atoms with Gasteiger partial charge in [-0.2, -0.15) is 5.10 Å². The van der Waals surface area contributed by atoms with Gasteiger partial charge in [0.2, 0.25) is 5.88 Å².